The van der Waals surface area contributed by atoms with Crippen LogP contribution in [0.25, 0.3) is 0 Å². The first-order valence-electron chi connectivity index (χ1n) is 5.52. The largest absolute Gasteiger partial charge is 0.367 e. The zero-order chi connectivity index (χ0) is 13.0. The van der Waals surface area contributed by atoms with E-state index in [-0.39, 0.29) is 18.4 Å². The Hall–Kier alpha value is -2.38. The summed E-state index contributed by atoms with van der Waals surface area (Å²) in [5, 5.41) is 10.7. The Morgan fingerprint density at radius 2 is 2.39 bits per heavy atom. The van der Waals surface area contributed by atoms with E-state index in [4.69, 9.17) is 5.73 Å². The van der Waals surface area contributed by atoms with Gasteiger partial charge in [-0.1, -0.05) is 0 Å². The van der Waals surface area contributed by atoms with E-state index < -0.39 is 0 Å². The molecule has 0 radical (unpaired) electrons. The summed E-state index contributed by atoms with van der Waals surface area (Å²) in [4.78, 5) is 15.3. The quantitative estimate of drug-likeness (QED) is 0.704. The monoisotopic (exact) mass is 249 g/mol. The average Bonchev–Trinajstić information content (AvgIpc) is 2.88. The zero-order valence-corrected chi connectivity index (χ0v) is 10.1. The molecule has 1 amide bonds. The summed E-state index contributed by atoms with van der Waals surface area (Å²) in [5.74, 6) is 0.0435. The molecule has 2 aromatic heterocycles. The van der Waals surface area contributed by atoms with Crippen LogP contribution < -0.4 is 11.1 Å². The lowest BCUT2D eigenvalue weighted by Crippen LogP contribution is -2.29. The van der Waals surface area contributed by atoms with E-state index in [1.54, 1.807) is 10.9 Å². The molecule has 0 aliphatic heterocycles. The minimum atomic E-state index is -0.121. The second-order valence-corrected chi connectivity index (χ2v) is 3.92. The molecule has 2 rings (SSSR count). The lowest BCUT2D eigenvalue weighted by Gasteiger charge is -2.03. The highest BCUT2D eigenvalue weighted by molar-refractivity contribution is 5.75. The lowest BCUT2D eigenvalue weighted by molar-refractivity contribution is -0.121. The number of amides is 1. The van der Waals surface area contributed by atoms with Gasteiger partial charge in [-0.15, -0.1) is 5.10 Å². The highest BCUT2D eigenvalue weighted by Crippen LogP contribution is 1.96. The van der Waals surface area contributed by atoms with Crippen LogP contribution in [0.5, 0.6) is 0 Å². The number of nitrogens with one attached hydrogen (secondary N) is 1. The van der Waals surface area contributed by atoms with Crippen molar-refractivity contribution in [2.45, 2.75) is 13.0 Å². The molecule has 0 unspecified atom stereocenters. The number of rotatable bonds is 5. The van der Waals surface area contributed by atoms with Crippen LogP contribution in [0.1, 0.15) is 5.56 Å². The van der Waals surface area contributed by atoms with Gasteiger partial charge in [-0.05, 0) is 12.0 Å². The van der Waals surface area contributed by atoms with Gasteiger partial charge in [-0.3, -0.25) is 9.48 Å². The normalized spacial score (nSPS) is 10.5. The minimum Gasteiger partial charge on any atom is -0.367 e. The predicted molar refractivity (Wildman–Crippen MR) is 64.4 cm³/mol. The van der Waals surface area contributed by atoms with Crippen LogP contribution in [0.4, 0.5) is 5.95 Å². The Labute approximate surface area is 104 Å². The third kappa shape index (κ3) is 3.30. The molecule has 0 fully saturated rings. The first kappa shape index (κ1) is 12.1. The first-order valence-corrected chi connectivity index (χ1v) is 5.52. The fourth-order valence-electron chi connectivity index (χ4n) is 1.54. The fraction of sp³-hybridized carbons (Fsp3) is 0.400. The number of carbonyl (C=O) groups is 1. The van der Waals surface area contributed by atoms with Gasteiger partial charge in [-0.2, -0.15) is 5.10 Å². The van der Waals surface area contributed by atoms with Crippen LogP contribution in [-0.4, -0.2) is 37.0 Å². The Bertz CT molecular complexity index is 530. The molecule has 0 aliphatic rings. The summed E-state index contributed by atoms with van der Waals surface area (Å²) in [6.45, 7) is 0.686. The number of nitrogens with zero attached hydrogens (tertiary/aromatic N) is 5. The van der Waals surface area contributed by atoms with E-state index in [9.17, 15) is 4.79 Å². The minimum absolute atomic E-state index is 0.121. The number of nitrogens with two attached hydrogens (primary N) is 1. The van der Waals surface area contributed by atoms with Gasteiger partial charge in [0.05, 0.1) is 6.20 Å². The topological polar surface area (TPSA) is 104 Å². The zero-order valence-electron chi connectivity index (χ0n) is 10.1. The summed E-state index contributed by atoms with van der Waals surface area (Å²) in [7, 11) is 1.86. The molecule has 0 atom stereocenters. The standard InChI is InChI=1S/C10H15N7O/c1-16-5-8(4-14-16)2-3-12-9(18)6-17-7-13-10(11)15-17/h4-5,7H,2-3,6H2,1H3,(H2,11,15)(H,12,18). The van der Waals surface area contributed by atoms with Crippen molar-refractivity contribution in [3.05, 3.63) is 24.3 Å². The van der Waals surface area contributed by atoms with Crippen molar-refractivity contribution in [3.63, 3.8) is 0 Å². The Kier molecular flexibility index (Phi) is 3.56. The van der Waals surface area contributed by atoms with Crippen molar-refractivity contribution in [2.75, 3.05) is 12.3 Å². The molecule has 2 heterocycles. The number of anilines is 1. The number of hydrogen-bond donors (Lipinski definition) is 2. The fourth-order valence-corrected chi connectivity index (χ4v) is 1.54. The van der Waals surface area contributed by atoms with Crippen molar-refractivity contribution in [1.82, 2.24) is 29.9 Å². The predicted octanol–water partition coefficient (Wildman–Crippen LogP) is -1.05. The maximum Gasteiger partial charge on any atom is 0.241 e. The van der Waals surface area contributed by atoms with Crippen LogP contribution in [0.15, 0.2) is 18.7 Å². The van der Waals surface area contributed by atoms with E-state index in [2.05, 4.69) is 20.5 Å². The summed E-state index contributed by atoms with van der Waals surface area (Å²) in [6.07, 6.45) is 5.88. The SMILES string of the molecule is Cn1cc(CCNC(=O)Cn2cnc(N)n2)cn1. The first-order chi connectivity index (χ1) is 8.63. The van der Waals surface area contributed by atoms with Gasteiger partial charge >= 0.3 is 0 Å². The van der Waals surface area contributed by atoms with Gasteiger partial charge in [0.15, 0.2) is 0 Å². The van der Waals surface area contributed by atoms with Crippen LogP contribution in [0.3, 0.4) is 0 Å². The van der Waals surface area contributed by atoms with Crippen molar-refractivity contribution < 1.29 is 4.79 Å². The van der Waals surface area contributed by atoms with Crippen molar-refractivity contribution >= 4 is 11.9 Å². The van der Waals surface area contributed by atoms with E-state index >= 15 is 0 Å². The van der Waals surface area contributed by atoms with E-state index in [0.29, 0.717) is 6.54 Å². The van der Waals surface area contributed by atoms with Gasteiger partial charge in [-0.25, -0.2) is 9.67 Å². The van der Waals surface area contributed by atoms with E-state index in [1.165, 1.54) is 11.0 Å². The maximum atomic E-state index is 11.6. The van der Waals surface area contributed by atoms with Gasteiger partial charge in [0.2, 0.25) is 11.9 Å². The molecule has 0 aromatic carbocycles. The van der Waals surface area contributed by atoms with Crippen molar-refractivity contribution in [3.8, 4) is 0 Å². The molecular formula is C10H15N7O. The maximum absolute atomic E-state index is 11.6. The summed E-state index contributed by atoms with van der Waals surface area (Å²) < 4.78 is 3.13. The molecule has 8 heteroatoms. The molecule has 0 saturated heterocycles. The third-order valence-corrected chi connectivity index (χ3v) is 2.35. The van der Waals surface area contributed by atoms with Gasteiger partial charge in [0, 0.05) is 19.8 Å². The molecule has 0 spiro atoms. The number of aromatic nitrogens is 5. The molecule has 0 bridgehead atoms. The van der Waals surface area contributed by atoms with Gasteiger partial charge in [0.1, 0.15) is 12.9 Å². The van der Waals surface area contributed by atoms with E-state index in [0.717, 1.165) is 12.0 Å². The molecule has 0 saturated carbocycles. The Balaban J connectivity index is 1.72. The van der Waals surface area contributed by atoms with E-state index in [1.807, 2.05) is 13.2 Å². The Morgan fingerprint density at radius 1 is 1.56 bits per heavy atom. The molecule has 2 aromatic rings. The second kappa shape index (κ2) is 5.30. The molecule has 8 nitrogen and oxygen atoms in total. The molecule has 18 heavy (non-hydrogen) atoms. The average molecular weight is 249 g/mol. The summed E-state index contributed by atoms with van der Waals surface area (Å²) in [5.41, 5.74) is 6.43. The van der Waals surface area contributed by atoms with Crippen LogP contribution in [0.2, 0.25) is 0 Å². The number of nitrogen functional groups attached to an aromatic ring is 1. The molecule has 96 valence electrons. The van der Waals surface area contributed by atoms with Gasteiger partial charge < -0.3 is 11.1 Å². The lowest BCUT2D eigenvalue weighted by atomic mass is 10.2. The Morgan fingerprint density at radius 3 is 3.00 bits per heavy atom. The smallest absolute Gasteiger partial charge is 0.241 e. The van der Waals surface area contributed by atoms with Crippen molar-refractivity contribution in [2.24, 2.45) is 7.05 Å². The molecular weight excluding hydrogens is 234 g/mol. The van der Waals surface area contributed by atoms with Crippen molar-refractivity contribution in [1.29, 1.82) is 0 Å². The number of carbonyl (C=O) groups excluding carboxylic acids is 1. The summed E-state index contributed by atoms with van der Waals surface area (Å²) >= 11 is 0. The van der Waals surface area contributed by atoms with Crippen LogP contribution in [0, 0.1) is 0 Å². The highest BCUT2D eigenvalue weighted by Gasteiger charge is 2.04. The van der Waals surface area contributed by atoms with Crippen LogP contribution in [-0.2, 0) is 24.8 Å². The number of aryl methyl sites for hydroxylation is 1. The molecule has 0 aliphatic carbocycles. The number of hydrogen-bond acceptors (Lipinski definition) is 5. The van der Waals surface area contributed by atoms with Gasteiger partial charge in [0.25, 0.3) is 0 Å². The summed E-state index contributed by atoms with van der Waals surface area (Å²) in [6, 6.07) is 0. The van der Waals surface area contributed by atoms with Crippen LogP contribution >= 0.6 is 0 Å². The highest BCUT2D eigenvalue weighted by atomic mass is 16.2. The second-order valence-electron chi connectivity index (χ2n) is 3.92. The third-order valence-electron chi connectivity index (χ3n) is 2.35. The molecule has 3 N–H and O–H groups in total.